The second kappa shape index (κ2) is 5.71. The van der Waals surface area contributed by atoms with E-state index in [4.69, 9.17) is 5.73 Å². The van der Waals surface area contributed by atoms with Crippen LogP contribution in [0.1, 0.15) is 28.9 Å². The topological polar surface area (TPSA) is 77.2 Å². The van der Waals surface area contributed by atoms with Gasteiger partial charge in [0.1, 0.15) is 5.82 Å². The van der Waals surface area contributed by atoms with Gasteiger partial charge in [-0.05, 0) is 35.4 Å². The lowest BCUT2D eigenvalue weighted by Crippen LogP contribution is -2.11. The molecule has 2 heterocycles. The van der Waals surface area contributed by atoms with Crippen molar-refractivity contribution in [1.82, 2.24) is 4.98 Å². The minimum Gasteiger partial charge on any atom is -0.465 e. The van der Waals surface area contributed by atoms with E-state index in [1.165, 1.54) is 18.9 Å². The monoisotopic (exact) mass is 277 g/mol. The van der Waals surface area contributed by atoms with Crippen LogP contribution in [0.4, 0.5) is 11.5 Å². The summed E-state index contributed by atoms with van der Waals surface area (Å²) in [6.07, 6.45) is 1.45. The SMILES string of the molecule is COC(=O)c1cc(NC(C)c2ccsc2)ncc1N. The Morgan fingerprint density at radius 2 is 2.37 bits per heavy atom. The molecule has 2 rings (SSSR count). The molecule has 0 aliphatic heterocycles. The lowest BCUT2D eigenvalue weighted by molar-refractivity contribution is 0.0602. The average molecular weight is 277 g/mol. The highest BCUT2D eigenvalue weighted by molar-refractivity contribution is 7.07. The Morgan fingerprint density at radius 1 is 1.58 bits per heavy atom. The number of nitrogen functional groups attached to an aromatic ring is 1. The molecule has 19 heavy (non-hydrogen) atoms. The number of hydrogen-bond acceptors (Lipinski definition) is 6. The van der Waals surface area contributed by atoms with E-state index >= 15 is 0 Å². The van der Waals surface area contributed by atoms with Crippen LogP contribution in [0.5, 0.6) is 0 Å². The lowest BCUT2D eigenvalue weighted by atomic mass is 10.1. The summed E-state index contributed by atoms with van der Waals surface area (Å²) in [6.45, 7) is 2.03. The summed E-state index contributed by atoms with van der Waals surface area (Å²) >= 11 is 1.64. The number of rotatable bonds is 4. The number of thiophene rings is 1. The van der Waals surface area contributed by atoms with Gasteiger partial charge in [0.05, 0.1) is 30.6 Å². The highest BCUT2D eigenvalue weighted by atomic mass is 32.1. The van der Waals surface area contributed by atoms with Crippen LogP contribution in [0.25, 0.3) is 0 Å². The molecule has 100 valence electrons. The molecule has 0 saturated carbocycles. The summed E-state index contributed by atoms with van der Waals surface area (Å²) in [5.74, 6) is 0.124. The number of pyridine rings is 1. The van der Waals surface area contributed by atoms with Gasteiger partial charge in [-0.15, -0.1) is 0 Å². The standard InChI is InChI=1S/C13H15N3O2S/c1-8(9-3-4-19-7-9)16-12-5-10(13(17)18-2)11(14)6-15-12/h3-8H,14H2,1-2H3,(H,15,16). The van der Waals surface area contributed by atoms with E-state index in [1.54, 1.807) is 17.4 Å². The number of nitrogens with zero attached hydrogens (tertiary/aromatic N) is 1. The fraction of sp³-hybridized carbons (Fsp3) is 0.231. The van der Waals surface area contributed by atoms with Crippen LogP contribution >= 0.6 is 11.3 Å². The lowest BCUT2D eigenvalue weighted by Gasteiger charge is -2.14. The molecule has 1 atom stereocenters. The zero-order chi connectivity index (χ0) is 13.8. The average Bonchev–Trinajstić information content (AvgIpc) is 2.94. The number of carbonyl (C=O) groups is 1. The Balaban J connectivity index is 2.19. The Bertz CT molecular complexity index is 569. The van der Waals surface area contributed by atoms with Crippen molar-refractivity contribution in [3.8, 4) is 0 Å². The molecule has 0 radical (unpaired) electrons. The van der Waals surface area contributed by atoms with Crippen LogP contribution < -0.4 is 11.1 Å². The fourth-order valence-electron chi connectivity index (χ4n) is 1.66. The maximum absolute atomic E-state index is 11.5. The van der Waals surface area contributed by atoms with Crippen molar-refractivity contribution in [2.75, 3.05) is 18.2 Å². The van der Waals surface area contributed by atoms with E-state index in [2.05, 4.69) is 20.4 Å². The van der Waals surface area contributed by atoms with Gasteiger partial charge in [-0.3, -0.25) is 0 Å². The van der Waals surface area contributed by atoms with Crippen LogP contribution in [-0.4, -0.2) is 18.1 Å². The van der Waals surface area contributed by atoms with Crippen molar-refractivity contribution >= 4 is 28.8 Å². The largest absolute Gasteiger partial charge is 0.465 e. The van der Waals surface area contributed by atoms with E-state index in [0.717, 1.165) is 0 Å². The zero-order valence-electron chi connectivity index (χ0n) is 10.7. The summed E-state index contributed by atoms with van der Waals surface area (Å²) in [7, 11) is 1.32. The first kappa shape index (κ1) is 13.4. The van der Waals surface area contributed by atoms with E-state index in [9.17, 15) is 4.79 Å². The Hall–Kier alpha value is -2.08. The van der Waals surface area contributed by atoms with Crippen molar-refractivity contribution in [3.05, 3.63) is 40.2 Å². The smallest absolute Gasteiger partial charge is 0.340 e. The predicted molar refractivity (Wildman–Crippen MR) is 76.3 cm³/mol. The maximum Gasteiger partial charge on any atom is 0.340 e. The summed E-state index contributed by atoms with van der Waals surface area (Å²) in [5.41, 5.74) is 7.49. The van der Waals surface area contributed by atoms with Gasteiger partial charge in [0, 0.05) is 0 Å². The number of aromatic nitrogens is 1. The molecule has 0 spiro atoms. The number of methoxy groups -OCH3 is 1. The minimum atomic E-state index is -0.467. The Kier molecular flexibility index (Phi) is 4.01. The third kappa shape index (κ3) is 3.03. The van der Waals surface area contributed by atoms with Gasteiger partial charge in [-0.2, -0.15) is 11.3 Å². The number of ether oxygens (including phenoxy) is 1. The molecule has 6 heteroatoms. The van der Waals surface area contributed by atoms with Gasteiger partial charge >= 0.3 is 5.97 Å². The summed E-state index contributed by atoms with van der Waals surface area (Å²) in [4.78, 5) is 15.7. The summed E-state index contributed by atoms with van der Waals surface area (Å²) in [6, 6.07) is 3.75. The van der Waals surface area contributed by atoms with Crippen molar-refractivity contribution in [3.63, 3.8) is 0 Å². The number of esters is 1. The molecule has 0 saturated heterocycles. The Labute approximate surface area is 115 Å². The van der Waals surface area contributed by atoms with Crippen LogP contribution in [0.3, 0.4) is 0 Å². The van der Waals surface area contributed by atoms with E-state index in [-0.39, 0.29) is 6.04 Å². The predicted octanol–water partition coefficient (Wildman–Crippen LogP) is 2.68. The molecule has 0 aliphatic carbocycles. The van der Waals surface area contributed by atoms with Crippen molar-refractivity contribution in [2.24, 2.45) is 0 Å². The Morgan fingerprint density at radius 3 is 3.00 bits per heavy atom. The highest BCUT2D eigenvalue weighted by Crippen LogP contribution is 2.22. The number of hydrogen-bond donors (Lipinski definition) is 2. The first-order valence-electron chi connectivity index (χ1n) is 5.74. The number of anilines is 2. The van der Waals surface area contributed by atoms with Gasteiger partial charge < -0.3 is 15.8 Å². The number of carbonyl (C=O) groups excluding carboxylic acids is 1. The molecular weight excluding hydrogens is 262 g/mol. The minimum absolute atomic E-state index is 0.105. The molecule has 5 nitrogen and oxygen atoms in total. The molecule has 0 bridgehead atoms. The quantitative estimate of drug-likeness (QED) is 0.840. The first-order chi connectivity index (χ1) is 9.11. The second-order valence-electron chi connectivity index (χ2n) is 4.07. The summed E-state index contributed by atoms with van der Waals surface area (Å²) < 4.78 is 4.68. The fourth-order valence-corrected chi connectivity index (χ4v) is 2.41. The molecule has 0 fully saturated rings. The molecular formula is C13H15N3O2S. The van der Waals surface area contributed by atoms with Gasteiger partial charge in [0.2, 0.25) is 0 Å². The van der Waals surface area contributed by atoms with Gasteiger partial charge in [-0.1, -0.05) is 0 Å². The second-order valence-corrected chi connectivity index (χ2v) is 4.85. The highest BCUT2D eigenvalue weighted by Gasteiger charge is 2.13. The molecule has 0 amide bonds. The van der Waals surface area contributed by atoms with Crippen molar-refractivity contribution < 1.29 is 9.53 Å². The van der Waals surface area contributed by atoms with E-state index in [1.807, 2.05) is 18.4 Å². The summed E-state index contributed by atoms with van der Waals surface area (Å²) in [5, 5.41) is 7.31. The third-order valence-electron chi connectivity index (χ3n) is 2.75. The molecule has 2 aromatic rings. The van der Waals surface area contributed by atoms with Crippen LogP contribution in [0.15, 0.2) is 29.1 Å². The van der Waals surface area contributed by atoms with Gasteiger partial charge in [0.25, 0.3) is 0 Å². The van der Waals surface area contributed by atoms with Crippen molar-refractivity contribution in [2.45, 2.75) is 13.0 Å². The molecule has 2 aromatic heterocycles. The molecule has 3 N–H and O–H groups in total. The van der Waals surface area contributed by atoms with Crippen LogP contribution in [0, 0.1) is 0 Å². The molecule has 0 aromatic carbocycles. The van der Waals surface area contributed by atoms with Crippen LogP contribution in [-0.2, 0) is 4.74 Å². The van der Waals surface area contributed by atoms with E-state index in [0.29, 0.717) is 17.1 Å². The number of nitrogens with two attached hydrogens (primary N) is 1. The van der Waals surface area contributed by atoms with Gasteiger partial charge in [-0.25, -0.2) is 9.78 Å². The molecule has 1 unspecified atom stereocenters. The van der Waals surface area contributed by atoms with E-state index < -0.39 is 5.97 Å². The number of nitrogens with one attached hydrogen (secondary N) is 1. The van der Waals surface area contributed by atoms with Crippen LogP contribution in [0.2, 0.25) is 0 Å². The van der Waals surface area contributed by atoms with Crippen molar-refractivity contribution in [1.29, 1.82) is 0 Å². The van der Waals surface area contributed by atoms with Gasteiger partial charge in [0.15, 0.2) is 0 Å². The normalized spacial score (nSPS) is 11.9. The molecule has 0 aliphatic rings. The first-order valence-corrected chi connectivity index (χ1v) is 6.68. The third-order valence-corrected chi connectivity index (χ3v) is 3.45. The maximum atomic E-state index is 11.5. The zero-order valence-corrected chi connectivity index (χ0v) is 11.5.